The van der Waals surface area contributed by atoms with Gasteiger partial charge in [-0.25, -0.2) is 0 Å². The molecule has 0 aliphatic rings. The summed E-state index contributed by atoms with van der Waals surface area (Å²) in [5.41, 5.74) is 2.71. The highest BCUT2D eigenvalue weighted by atomic mass is 35.5. The van der Waals surface area contributed by atoms with Gasteiger partial charge in [-0.05, 0) is 37.6 Å². The average molecular weight is 258 g/mol. The van der Waals surface area contributed by atoms with Crippen LogP contribution in [0, 0.1) is 25.2 Å². The van der Waals surface area contributed by atoms with Crippen molar-refractivity contribution in [2.45, 2.75) is 13.8 Å². The van der Waals surface area contributed by atoms with E-state index in [4.69, 9.17) is 21.6 Å². The molecule has 90 valence electrons. The Hall–Kier alpha value is -1.98. The zero-order chi connectivity index (χ0) is 13.1. The summed E-state index contributed by atoms with van der Waals surface area (Å²) >= 11 is 5.96. The normalized spacial score (nSPS) is 9.89. The van der Waals surface area contributed by atoms with Crippen molar-refractivity contribution >= 4 is 11.6 Å². The maximum atomic E-state index is 8.80. The maximum absolute atomic E-state index is 8.80. The van der Waals surface area contributed by atoms with Gasteiger partial charge in [-0.1, -0.05) is 29.3 Å². The van der Waals surface area contributed by atoms with E-state index in [0.29, 0.717) is 16.3 Å². The third-order valence-electron chi connectivity index (χ3n) is 2.62. The molecule has 18 heavy (non-hydrogen) atoms. The first-order valence-electron chi connectivity index (χ1n) is 5.55. The minimum atomic E-state index is 0.403. The predicted octanol–water partition coefficient (Wildman–Crippen LogP) is 4.62. The second kappa shape index (κ2) is 5.12. The number of nitriles is 1. The van der Waals surface area contributed by atoms with Crippen LogP contribution in [0.1, 0.15) is 16.7 Å². The molecular formula is C15H12ClNO. The van der Waals surface area contributed by atoms with Crippen molar-refractivity contribution in [1.29, 1.82) is 5.26 Å². The Kier molecular flexibility index (Phi) is 3.55. The van der Waals surface area contributed by atoms with Gasteiger partial charge in [-0.2, -0.15) is 5.26 Å². The van der Waals surface area contributed by atoms with Gasteiger partial charge in [0.05, 0.1) is 10.6 Å². The first-order valence-corrected chi connectivity index (χ1v) is 5.92. The molecule has 0 aliphatic carbocycles. The molecule has 0 saturated heterocycles. The van der Waals surface area contributed by atoms with Crippen LogP contribution < -0.4 is 4.74 Å². The Balaban J connectivity index is 2.29. The molecule has 0 spiro atoms. The predicted molar refractivity (Wildman–Crippen MR) is 72.2 cm³/mol. The fraction of sp³-hybridized carbons (Fsp3) is 0.133. The number of aryl methyl sites for hydroxylation is 2. The number of benzene rings is 2. The summed E-state index contributed by atoms with van der Waals surface area (Å²) in [5, 5.41) is 9.20. The molecule has 0 radical (unpaired) electrons. The van der Waals surface area contributed by atoms with Gasteiger partial charge in [-0.15, -0.1) is 0 Å². The molecule has 0 fully saturated rings. The second-order valence-electron chi connectivity index (χ2n) is 4.12. The largest absolute Gasteiger partial charge is 0.457 e. The van der Waals surface area contributed by atoms with Crippen LogP contribution in [0.3, 0.4) is 0 Å². The lowest BCUT2D eigenvalue weighted by molar-refractivity contribution is 0.479. The Labute approximate surface area is 111 Å². The molecule has 0 heterocycles. The van der Waals surface area contributed by atoms with Crippen molar-refractivity contribution in [3.05, 3.63) is 58.1 Å². The highest BCUT2D eigenvalue weighted by Gasteiger charge is 2.05. The number of nitrogens with zero attached hydrogens (tertiary/aromatic N) is 1. The summed E-state index contributed by atoms with van der Waals surface area (Å²) < 4.78 is 5.75. The number of rotatable bonds is 2. The zero-order valence-electron chi connectivity index (χ0n) is 10.2. The summed E-state index contributed by atoms with van der Waals surface area (Å²) in [6.45, 7) is 4.03. The van der Waals surface area contributed by atoms with Crippen LogP contribution in [0.2, 0.25) is 5.02 Å². The van der Waals surface area contributed by atoms with Crippen LogP contribution in [0.4, 0.5) is 0 Å². The zero-order valence-corrected chi connectivity index (χ0v) is 11.0. The lowest BCUT2D eigenvalue weighted by Crippen LogP contribution is -1.89. The molecule has 2 aromatic rings. The summed E-state index contributed by atoms with van der Waals surface area (Å²) in [7, 11) is 0. The fourth-order valence-electron chi connectivity index (χ4n) is 1.69. The molecule has 2 nitrogen and oxygen atoms in total. The third-order valence-corrected chi connectivity index (χ3v) is 2.93. The van der Waals surface area contributed by atoms with E-state index in [-0.39, 0.29) is 0 Å². The number of halogens is 1. The molecule has 3 heteroatoms. The highest BCUT2D eigenvalue weighted by Crippen LogP contribution is 2.28. The minimum Gasteiger partial charge on any atom is -0.457 e. The van der Waals surface area contributed by atoms with E-state index in [2.05, 4.69) is 6.07 Å². The monoisotopic (exact) mass is 257 g/mol. The molecular weight excluding hydrogens is 246 g/mol. The van der Waals surface area contributed by atoms with E-state index in [9.17, 15) is 0 Å². The fourth-order valence-corrected chi connectivity index (χ4v) is 1.90. The van der Waals surface area contributed by atoms with Crippen molar-refractivity contribution in [3.63, 3.8) is 0 Å². The summed E-state index contributed by atoms with van der Waals surface area (Å²) in [4.78, 5) is 0. The Morgan fingerprint density at radius 3 is 2.50 bits per heavy atom. The number of ether oxygens (including phenoxy) is 1. The lowest BCUT2D eigenvalue weighted by Gasteiger charge is -2.09. The van der Waals surface area contributed by atoms with Gasteiger partial charge in [0.2, 0.25) is 0 Å². The quantitative estimate of drug-likeness (QED) is 0.786. The molecule has 0 amide bonds. The summed E-state index contributed by atoms with van der Waals surface area (Å²) in [6.07, 6.45) is 0. The molecule has 0 aromatic heterocycles. The van der Waals surface area contributed by atoms with Gasteiger partial charge >= 0.3 is 0 Å². The molecule has 0 unspecified atom stereocenters. The van der Waals surface area contributed by atoms with Crippen LogP contribution in [0.15, 0.2) is 36.4 Å². The standard InChI is InChI=1S/C15H12ClNO/c1-10-3-6-15(11(2)7-10)18-13-5-4-12(9-17)14(16)8-13/h3-8H,1-2H3. The molecule has 2 aromatic carbocycles. The molecule has 0 saturated carbocycles. The maximum Gasteiger partial charge on any atom is 0.130 e. The van der Waals surface area contributed by atoms with E-state index in [1.807, 2.05) is 32.0 Å². The SMILES string of the molecule is Cc1ccc(Oc2ccc(C#N)c(Cl)c2)c(C)c1. The molecule has 0 atom stereocenters. The van der Waals surface area contributed by atoms with Gasteiger partial charge in [0, 0.05) is 6.07 Å². The van der Waals surface area contributed by atoms with Crippen LogP contribution in [-0.4, -0.2) is 0 Å². The first kappa shape index (κ1) is 12.5. The van der Waals surface area contributed by atoms with Gasteiger partial charge in [-0.3, -0.25) is 0 Å². The molecule has 0 N–H and O–H groups in total. The minimum absolute atomic E-state index is 0.403. The van der Waals surface area contributed by atoms with E-state index in [1.165, 1.54) is 5.56 Å². The first-order chi connectivity index (χ1) is 8.60. The topological polar surface area (TPSA) is 33.0 Å². The van der Waals surface area contributed by atoms with Crippen molar-refractivity contribution in [2.75, 3.05) is 0 Å². The van der Waals surface area contributed by atoms with Crippen LogP contribution >= 0.6 is 11.6 Å². The number of hydrogen-bond donors (Lipinski definition) is 0. The molecule has 0 bridgehead atoms. The van der Waals surface area contributed by atoms with Gasteiger partial charge in [0.1, 0.15) is 17.6 Å². The van der Waals surface area contributed by atoms with E-state index >= 15 is 0 Å². The smallest absolute Gasteiger partial charge is 0.130 e. The van der Waals surface area contributed by atoms with Crippen LogP contribution in [-0.2, 0) is 0 Å². The lowest BCUT2D eigenvalue weighted by atomic mass is 10.1. The Morgan fingerprint density at radius 1 is 1.11 bits per heavy atom. The van der Waals surface area contributed by atoms with Crippen molar-refractivity contribution in [2.24, 2.45) is 0 Å². The van der Waals surface area contributed by atoms with Gasteiger partial charge < -0.3 is 4.74 Å². The Bertz CT molecular complexity index is 629. The van der Waals surface area contributed by atoms with Gasteiger partial charge in [0.25, 0.3) is 0 Å². The Morgan fingerprint density at radius 2 is 1.89 bits per heavy atom. The van der Waals surface area contributed by atoms with E-state index < -0.39 is 0 Å². The molecule has 2 rings (SSSR count). The van der Waals surface area contributed by atoms with Crippen LogP contribution in [0.5, 0.6) is 11.5 Å². The van der Waals surface area contributed by atoms with Crippen LogP contribution in [0.25, 0.3) is 0 Å². The van der Waals surface area contributed by atoms with E-state index in [0.717, 1.165) is 11.3 Å². The number of hydrogen-bond acceptors (Lipinski definition) is 2. The van der Waals surface area contributed by atoms with Crippen molar-refractivity contribution in [3.8, 4) is 17.6 Å². The van der Waals surface area contributed by atoms with Gasteiger partial charge in [0.15, 0.2) is 0 Å². The van der Waals surface area contributed by atoms with Crippen molar-refractivity contribution in [1.82, 2.24) is 0 Å². The highest BCUT2D eigenvalue weighted by molar-refractivity contribution is 6.31. The third kappa shape index (κ3) is 2.64. The molecule has 0 aliphatic heterocycles. The summed E-state index contributed by atoms with van der Waals surface area (Å²) in [5.74, 6) is 1.42. The average Bonchev–Trinajstić information content (AvgIpc) is 2.33. The van der Waals surface area contributed by atoms with Crippen molar-refractivity contribution < 1.29 is 4.74 Å². The van der Waals surface area contributed by atoms with E-state index in [1.54, 1.807) is 18.2 Å². The summed E-state index contributed by atoms with van der Waals surface area (Å²) in [6, 6.07) is 13.0. The second-order valence-corrected chi connectivity index (χ2v) is 4.53.